The van der Waals surface area contributed by atoms with E-state index in [0.29, 0.717) is 25.9 Å². The highest BCUT2D eigenvalue weighted by atomic mass is 79.9. The minimum absolute atomic E-state index is 0.102. The first-order chi connectivity index (χ1) is 9.79. The van der Waals surface area contributed by atoms with Crippen molar-refractivity contribution in [1.82, 2.24) is 9.62 Å². The molecular formula is C11H17BrN4O3S2. The van der Waals surface area contributed by atoms with Gasteiger partial charge in [0.1, 0.15) is 4.21 Å². The van der Waals surface area contributed by atoms with Crippen LogP contribution in [0.3, 0.4) is 0 Å². The van der Waals surface area contributed by atoms with Gasteiger partial charge in [0.05, 0.1) is 9.33 Å². The van der Waals surface area contributed by atoms with Gasteiger partial charge in [-0.05, 0) is 48.0 Å². The molecule has 2 heterocycles. The summed E-state index contributed by atoms with van der Waals surface area (Å²) >= 11 is 4.36. The van der Waals surface area contributed by atoms with E-state index in [0.717, 1.165) is 15.1 Å². The van der Waals surface area contributed by atoms with Crippen LogP contribution < -0.4 is 10.5 Å². The second-order valence-corrected chi connectivity index (χ2v) is 9.41. The third kappa shape index (κ3) is 3.57. The molecule has 10 heteroatoms. The first-order valence-corrected chi connectivity index (χ1v) is 9.34. The van der Waals surface area contributed by atoms with E-state index in [1.165, 1.54) is 6.07 Å². The molecule has 118 valence electrons. The third-order valence-electron chi connectivity index (χ3n) is 3.58. The molecule has 7 nitrogen and oxygen atoms in total. The number of sulfonamides is 1. The number of hydrogen-bond donors (Lipinski definition) is 3. The second-order valence-electron chi connectivity index (χ2n) is 5.03. The summed E-state index contributed by atoms with van der Waals surface area (Å²) in [6.45, 7) is 1.32. The van der Waals surface area contributed by atoms with Crippen LogP contribution in [0.1, 0.15) is 12.8 Å². The molecule has 0 spiro atoms. The third-order valence-corrected chi connectivity index (χ3v) is 7.23. The fourth-order valence-corrected chi connectivity index (χ4v) is 5.70. The van der Waals surface area contributed by atoms with Crippen LogP contribution >= 0.6 is 27.3 Å². The monoisotopic (exact) mass is 396 g/mol. The lowest BCUT2D eigenvalue weighted by molar-refractivity contribution is 0.213. The molecule has 21 heavy (non-hydrogen) atoms. The van der Waals surface area contributed by atoms with Crippen LogP contribution in [0.4, 0.5) is 0 Å². The van der Waals surface area contributed by atoms with Gasteiger partial charge >= 0.3 is 0 Å². The molecule has 1 fully saturated rings. The normalized spacial score (nSPS) is 20.6. The predicted octanol–water partition coefficient (Wildman–Crippen LogP) is 1.000. The van der Waals surface area contributed by atoms with Crippen LogP contribution in [0.5, 0.6) is 0 Å². The lowest BCUT2D eigenvalue weighted by atomic mass is 9.88. The summed E-state index contributed by atoms with van der Waals surface area (Å²) in [6, 6.07) is 3.19. The average molecular weight is 397 g/mol. The Balaban J connectivity index is 2.31. The number of hydrogen-bond acceptors (Lipinski definition) is 6. The molecule has 2 rings (SSSR count). The van der Waals surface area contributed by atoms with Crippen molar-refractivity contribution in [3.63, 3.8) is 0 Å². The SMILES string of the molecule is CN1CCC(NS(=O)(=O)c2ccc(Br)s2)(/C(N)=N/O)CC1. The van der Waals surface area contributed by atoms with E-state index in [4.69, 9.17) is 10.9 Å². The topological polar surface area (TPSA) is 108 Å². The lowest BCUT2D eigenvalue weighted by Gasteiger charge is -2.39. The maximum absolute atomic E-state index is 12.5. The number of likely N-dealkylation sites (tertiary alicyclic amines) is 1. The van der Waals surface area contributed by atoms with E-state index in [9.17, 15) is 8.42 Å². The molecule has 1 saturated heterocycles. The van der Waals surface area contributed by atoms with E-state index in [2.05, 4.69) is 30.7 Å². The van der Waals surface area contributed by atoms with Crippen molar-refractivity contribution in [2.24, 2.45) is 10.9 Å². The largest absolute Gasteiger partial charge is 0.409 e. The number of thiophene rings is 1. The average Bonchev–Trinajstić information content (AvgIpc) is 2.88. The van der Waals surface area contributed by atoms with Crippen molar-refractivity contribution in [2.45, 2.75) is 22.6 Å². The van der Waals surface area contributed by atoms with Gasteiger partial charge in [-0.15, -0.1) is 11.3 Å². The summed E-state index contributed by atoms with van der Waals surface area (Å²) in [6.07, 6.45) is 0.899. The van der Waals surface area contributed by atoms with Gasteiger partial charge in [-0.3, -0.25) is 0 Å². The Morgan fingerprint density at radius 3 is 2.62 bits per heavy atom. The summed E-state index contributed by atoms with van der Waals surface area (Å²) < 4.78 is 28.5. The Kier molecular flexibility index (Phi) is 4.93. The number of oxime groups is 1. The highest BCUT2D eigenvalue weighted by Gasteiger charge is 2.42. The maximum Gasteiger partial charge on any atom is 0.251 e. The van der Waals surface area contributed by atoms with E-state index in [1.807, 2.05) is 7.05 Å². The van der Waals surface area contributed by atoms with Crippen molar-refractivity contribution in [3.8, 4) is 0 Å². The minimum atomic E-state index is -3.72. The zero-order chi connectivity index (χ0) is 15.7. The molecule has 0 bridgehead atoms. The van der Waals surface area contributed by atoms with Crippen LogP contribution in [0, 0.1) is 0 Å². The second kappa shape index (κ2) is 6.21. The van der Waals surface area contributed by atoms with Gasteiger partial charge in [0, 0.05) is 13.1 Å². The number of amidine groups is 1. The number of nitrogens with zero attached hydrogens (tertiary/aromatic N) is 2. The van der Waals surface area contributed by atoms with Gasteiger partial charge in [-0.25, -0.2) is 8.42 Å². The molecule has 4 N–H and O–H groups in total. The highest BCUT2D eigenvalue weighted by molar-refractivity contribution is 9.11. The molecule has 0 amide bonds. The Bertz CT molecular complexity index is 636. The summed E-state index contributed by atoms with van der Waals surface area (Å²) in [5, 5.41) is 12.0. The molecule has 1 aromatic heterocycles. The van der Waals surface area contributed by atoms with Crippen LogP contribution in [-0.2, 0) is 10.0 Å². The molecule has 0 aliphatic carbocycles. The summed E-state index contributed by atoms with van der Waals surface area (Å²) in [5.41, 5.74) is 4.72. The molecule has 0 radical (unpaired) electrons. The number of nitrogens with one attached hydrogen (secondary N) is 1. The van der Waals surface area contributed by atoms with E-state index in [1.54, 1.807) is 6.07 Å². The first kappa shape index (κ1) is 16.7. The molecule has 0 atom stereocenters. The Morgan fingerprint density at radius 1 is 1.52 bits per heavy atom. The smallest absolute Gasteiger partial charge is 0.251 e. The Labute approximate surface area is 136 Å². The molecule has 0 saturated carbocycles. The Morgan fingerprint density at radius 2 is 2.14 bits per heavy atom. The lowest BCUT2D eigenvalue weighted by Crippen LogP contribution is -2.61. The minimum Gasteiger partial charge on any atom is -0.409 e. The summed E-state index contributed by atoms with van der Waals surface area (Å²) in [7, 11) is -1.78. The van der Waals surface area contributed by atoms with Crippen LogP contribution in [-0.4, -0.2) is 50.0 Å². The van der Waals surface area contributed by atoms with Gasteiger partial charge in [0.15, 0.2) is 5.84 Å². The van der Waals surface area contributed by atoms with Crippen LogP contribution in [0.25, 0.3) is 0 Å². The van der Waals surface area contributed by atoms with Gasteiger partial charge in [-0.2, -0.15) is 4.72 Å². The molecule has 0 aromatic carbocycles. The first-order valence-electron chi connectivity index (χ1n) is 6.25. The van der Waals surface area contributed by atoms with Crippen molar-refractivity contribution < 1.29 is 13.6 Å². The van der Waals surface area contributed by atoms with Crippen molar-refractivity contribution >= 4 is 43.1 Å². The van der Waals surface area contributed by atoms with E-state index in [-0.39, 0.29) is 10.0 Å². The van der Waals surface area contributed by atoms with Crippen molar-refractivity contribution in [1.29, 1.82) is 0 Å². The predicted molar refractivity (Wildman–Crippen MR) is 85.2 cm³/mol. The van der Waals surface area contributed by atoms with Crippen molar-refractivity contribution in [2.75, 3.05) is 20.1 Å². The number of nitrogens with two attached hydrogens (primary N) is 1. The fourth-order valence-electron chi connectivity index (χ4n) is 2.26. The van der Waals surface area contributed by atoms with Gasteiger partial charge in [0.25, 0.3) is 10.0 Å². The quantitative estimate of drug-likeness (QED) is 0.304. The van der Waals surface area contributed by atoms with Gasteiger partial charge in [0.2, 0.25) is 0 Å². The fraction of sp³-hybridized carbons (Fsp3) is 0.545. The molecular weight excluding hydrogens is 380 g/mol. The standard InChI is InChI=1S/C11H17BrN4O3S2/c1-16-6-4-11(5-7-16,10(13)14-17)15-21(18,19)9-3-2-8(12)20-9/h2-3,15,17H,4-7H2,1H3,(H2,13,14). The van der Waals surface area contributed by atoms with Crippen LogP contribution in [0.15, 0.2) is 25.3 Å². The van der Waals surface area contributed by atoms with Crippen molar-refractivity contribution in [3.05, 3.63) is 15.9 Å². The maximum atomic E-state index is 12.5. The zero-order valence-corrected chi connectivity index (χ0v) is 14.6. The molecule has 1 aliphatic heterocycles. The number of piperidine rings is 1. The number of rotatable bonds is 4. The molecule has 0 unspecified atom stereocenters. The number of halogens is 1. The highest BCUT2D eigenvalue weighted by Crippen LogP contribution is 2.29. The van der Waals surface area contributed by atoms with Gasteiger partial charge < -0.3 is 15.8 Å². The summed E-state index contributed by atoms with van der Waals surface area (Å²) in [4.78, 5) is 2.07. The zero-order valence-electron chi connectivity index (χ0n) is 11.4. The molecule has 1 aromatic rings. The Hall–Kier alpha value is -0.680. The summed E-state index contributed by atoms with van der Waals surface area (Å²) in [5.74, 6) is -0.102. The molecule has 1 aliphatic rings. The van der Waals surface area contributed by atoms with E-state index >= 15 is 0 Å². The van der Waals surface area contributed by atoms with Crippen LogP contribution in [0.2, 0.25) is 0 Å². The van der Waals surface area contributed by atoms with Gasteiger partial charge in [-0.1, -0.05) is 5.16 Å². The van der Waals surface area contributed by atoms with E-state index < -0.39 is 15.6 Å².